The monoisotopic (exact) mass is 344 g/mol. The lowest BCUT2D eigenvalue weighted by molar-refractivity contribution is 0.0935. The number of hydrogen-bond donors (Lipinski definition) is 2. The summed E-state index contributed by atoms with van der Waals surface area (Å²) in [6.07, 6.45) is 4.17. The number of carbonyl (C=O) groups excluding carboxylic acids is 1. The van der Waals surface area contributed by atoms with E-state index in [4.69, 9.17) is 9.47 Å². The van der Waals surface area contributed by atoms with Crippen molar-refractivity contribution < 1.29 is 14.3 Å². The van der Waals surface area contributed by atoms with Gasteiger partial charge in [0, 0.05) is 16.5 Å². The summed E-state index contributed by atoms with van der Waals surface area (Å²) in [5.74, 6) is 1.42. The molecule has 1 atom stereocenters. The van der Waals surface area contributed by atoms with Crippen molar-refractivity contribution >= 4 is 22.2 Å². The molecule has 1 aromatic carbocycles. The van der Waals surface area contributed by atoms with Gasteiger partial charge in [-0.1, -0.05) is 0 Å². The van der Waals surface area contributed by atoms with Crippen LogP contribution in [0.1, 0.15) is 45.4 Å². The van der Waals surface area contributed by atoms with Crippen molar-refractivity contribution in [3.8, 4) is 11.5 Å². The van der Waals surface area contributed by atoms with Crippen LogP contribution in [0.15, 0.2) is 18.2 Å². The van der Waals surface area contributed by atoms with E-state index in [0.717, 1.165) is 34.7 Å². The molecule has 0 bridgehead atoms. The van der Waals surface area contributed by atoms with Crippen molar-refractivity contribution in [3.63, 3.8) is 0 Å². The zero-order valence-corrected chi connectivity index (χ0v) is 14.6. The average molecular weight is 344 g/mol. The van der Waals surface area contributed by atoms with Gasteiger partial charge in [-0.25, -0.2) is 0 Å². The first-order valence-electron chi connectivity index (χ1n) is 8.15. The zero-order chi connectivity index (χ0) is 16.7. The van der Waals surface area contributed by atoms with Gasteiger partial charge in [-0.05, 0) is 43.4 Å². The number of thiophene rings is 1. The van der Waals surface area contributed by atoms with E-state index < -0.39 is 0 Å². The molecule has 2 heterocycles. The molecule has 1 aromatic heterocycles. The molecule has 2 aliphatic rings. The van der Waals surface area contributed by atoms with Gasteiger partial charge in [0.2, 0.25) is 0 Å². The molecule has 2 N–H and O–H groups in total. The number of amides is 1. The van der Waals surface area contributed by atoms with E-state index in [0.29, 0.717) is 5.75 Å². The van der Waals surface area contributed by atoms with E-state index in [1.807, 2.05) is 18.2 Å². The van der Waals surface area contributed by atoms with Gasteiger partial charge >= 0.3 is 0 Å². The fraction of sp³-hybridized carbons (Fsp3) is 0.389. The summed E-state index contributed by atoms with van der Waals surface area (Å²) in [6, 6.07) is 5.63. The van der Waals surface area contributed by atoms with Crippen molar-refractivity contribution in [2.45, 2.75) is 31.8 Å². The number of aryl methyl sites for hydroxylation is 1. The second kappa shape index (κ2) is 6.02. The smallest absolute Gasteiger partial charge is 0.256 e. The van der Waals surface area contributed by atoms with Gasteiger partial charge in [-0.15, -0.1) is 11.3 Å². The van der Waals surface area contributed by atoms with E-state index in [-0.39, 0.29) is 12.1 Å². The molecule has 0 radical (unpaired) electrons. The first kappa shape index (κ1) is 15.3. The van der Waals surface area contributed by atoms with Gasteiger partial charge in [-0.2, -0.15) is 0 Å². The van der Waals surface area contributed by atoms with E-state index >= 15 is 0 Å². The van der Waals surface area contributed by atoms with Crippen molar-refractivity contribution in [3.05, 3.63) is 39.8 Å². The van der Waals surface area contributed by atoms with Crippen LogP contribution in [-0.2, 0) is 12.8 Å². The Morgan fingerprint density at radius 1 is 1.12 bits per heavy atom. The van der Waals surface area contributed by atoms with Crippen LogP contribution in [0.3, 0.4) is 0 Å². The Bertz CT molecular complexity index is 800. The number of nitrogens with one attached hydrogen (secondary N) is 2. The second-order valence-corrected chi connectivity index (χ2v) is 7.18. The molecule has 1 aliphatic heterocycles. The van der Waals surface area contributed by atoms with Gasteiger partial charge in [0.15, 0.2) is 0 Å². The van der Waals surface area contributed by atoms with E-state index in [9.17, 15) is 4.79 Å². The summed E-state index contributed by atoms with van der Waals surface area (Å²) in [7, 11) is 3.25. The Morgan fingerprint density at radius 3 is 2.75 bits per heavy atom. The fourth-order valence-electron chi connectivity index (χ4n) is 3.49. The molecular formula is C18H20N2O3S. The third-order valence-electron chi connectivity index (χ3n) is 4.70. The molecule has 0 spiro atoms. The van der Waals surface area contributed by atoms with Crippen LogP contribution < -0.4 is 20.1 Å². The first-order chi connectivity index (χ1) is 11.7. The molecule has 0 fully saturated rings. The van der Waals surface area contributed by atoms with Gasteiger partial charge in [0.05, 0.1) is 19.8 Å². The SMILES string of the molecule is COc1ccc(C2NC(=O)c3c(sc4c3CCCC4)N2)c(OC)c1. The minimum atomic E-state index is -0.300. The van der Waals surface area contributed by atoms with Crippen molar-refractivity contribution in [2.75, 3.05) is 19.5 Å². The summed E-state index contributed by atoms with van der Waals surface area (Å²) in [5.41, 5.74) is 2.98. The maximum absolute atomic E-state index is 12.7. The van der Waals surface area contributed by atoms with Crippen LogP contribution >= 0.6 is 11.3 Å². The predicted octanol–water partition coefficient (Wildman–Crippen LogP) is 3.50. The Morgan fingerprint density at radius 2 is 1.96 bits per heavy atom. The summed E-state index contributed by atoms with van der Waals surface area (Å²) in [4.78, 5) is 14.1. The highest BCUT2D eigenvalue weighted by Crippen LogP contribution is 2.42. The third kappa shape index (κ3) is 2.41. The van der Waals surface area contributed by atoms with E-state index in [1.54, 1.807) is 25.6 Å². The molecule has 1 amide bonds. The lowest BCUT2D eigenvalue weighted by Crippen LogP contribution is -2.38. The quantitative estimate of drug-likeness (QED) is 0.895. The number of methoxy groups -OCH3 is 2. The van der Waals surface area contributed by atoms with Crippen molar-refractivity contribution in [2.24, 2.45) is 0 Å². The van der Waals surface area contributed by atoms with Crippen molar-refractivity contribution in [1.29, 1.82) is 0 Å². The summed E-state index contributed by atoms with van der Waals surface area (Å²) in [6.45, 7) is 0. The molecular weight excluding hydrogens is 324 g/mol. The summed E-state index contributed by atoms with van der Waals surface area (Å²) >= 11 is 1.72. The largest absolute Gasteiger partial charge is 0.497 e. The molecule has 4 rings (SSSR count). The highest BCUT2D eigenvalue weighted by Gasteiger charge is 2.33. The number of rotatable bonds is 3. The van der Waals surface area contributed by atoms with Crippen LogP contribution in [0.2, 0.25) is 0 Å². The Hall–Kier alpha value is -2.21. The van der Waals surface area contributed by atoms with E-state index in [2.05, 4.69) is 10.6 Å². The standard InChI is InChI=1S/C18H20N2O3S/c1-22-10-7-8-11(13(9-10)23-2)16-19-17(21)15-12-5-3-4-6-14(12)24-18(15)20-16/h7-9,16,20H,3-6H2,1-2H3,(H,19,21). The Balaban J connectivity index is 1.71. The normalized spacial score (nSPS) is 18.9. The Labute approximate surface area is 145 Å². The maximum Gasteiger partial charge on any atom is 0.256 e. The van der Waals surface area contributed by atoms with Crippen LogP contribution in [-0.4, -0.2) is 20.1 Å². The minimum Gasteiger partial charge on any atom is -0.497 e. The number of carbonyl (C=O) groups is 1. The zero-order valence-electron chi connectivity index (χ0n) is 13.8. The first-order valence-corrected chi connectivity index (χ1v) is 8.96. The molecule has 5 nitrogen and oxygen atoms in total. The number of hydrogen-bond acceptors (Lipinski definition) is 5. The maximum atomic E-state index is 12.7. The second-order valence-electron chi connectivity index (χ2n) is 6.07. The highest BCUT2D eigenvalue weighted by atomic mass is 32.1. The number of ether oxygens (including phenoxy) is 2. The fourth-order valence-corrected chi connectivity index (χ4v) is 4.81. The Kier molecular flexibility index (Phi) is 3.84. The molecule has 2 aromatic rings. The lowest BCUT2D eigenvalue weighted by Gasteiger charge is -2.28. The average Bonchev–Trinajstić information content (AvgIpc) is 2.99. The molecule has 1 unspecified atom stereocenters. The van der Waals surface area contributed by atoms with Crippen LogP contribution in [0.4, 0.5) is 5.00 Å². The van der Waals surface area contributed by atoms with Gasteiger partial charge < -0.3 is 20.1 Å². The van der Waals surface area contributed by atoms with Gasteiger partial charge in [0.25, 0.3) is 5.91 Å². The third-order valence-corrected chi connectivity index (χ3v) is 5.92. The van der Waals surface area contributed by atoms with Gasteiger partial charge in [0.1, 0.15) is 22.7 Å². The summed E-state index contributed by atoms with van der Waals surface area (Å²) in [5, 5.41) is 7.53. The van der Waals surface area contributed by atoms with Gasteiger partial charge in [-0.3, -0.25) is 4.79 Å². The number of fused-ring (bicyclic) bond motifs is 3. The minimum absolute atomic E-state index is 0.00558. The van der Waals surface area contributed by atoms with Crippen LogP contribution in [0.25, 0.3) is 0 Å². The molecule has 6 heteroatoms. The van der Waals surface area contributed by atoms with E-state index in [1.165, 1.54) is 23.3 Å². The van der Waals surface area contributed by atoms with Crippen LogP contribution in [0, 0.1) is 0 Å². The molecule has 24 heavy (non-hydrogen) atoms. The van der Waals surface area contributed by atoms with Crippen molar-refractivity contribution in [1.82, 2.24) is 5.32 Å². The molecule has 0 saturated carbocycles. The molecule has 0 saturated heterocycles. The highest BCUT2D eigenvalue weighted by molar-refractivity contribution is 7.16. The molecule has 126 valence electrons. The summed E-state index contributed by atoms with van der Waals surface area (Å²) < 4.78 is 10.7. The number of anilines is 1. The predicted molar refractivity (Wildman–Crippen MR) is 94.3 cm³/mol. The lowest BCUT2D eigenvalue weighted by atomic mass is 9.94. The molecule has 1 aliphatic carbocycles. The number of benzene rings is 1. The van der Waals surface area contributed by atoms with Crippen LogP contribution in [0.5, 0.6) is 11.5 Å². The topological polar surface area (TPSA) is 59.6 Å².